The lowest BCUT2D eigenvalue weighted by molar-refractivity contribution is 0.0652. The van der Waals surface area contributed by atoms with E-state index in [2.05, 4.69) is 46.2 Å². The van der Waals surface area contributed by atoms with Crippen molar-refractivity contribution in [2.75, 3.05) is 52.5 Å². The molecule has 0 amide bonds. The van der Waals surface area contributed by atoms with E-state index in [-0.39, 0.29) is 6.61 Å². The summed E-state index contributed by atoms with van der Waals surface area (Å²) in [4.78, 5) is 12.3. The van der Waals surface area contributed by atoms with Crippen LogP contribution in [-0.4, -0.2) is 73.3 Å². The molecule has 0 atom stereocenters. The van der Waals surface area contributed by atoms with Crippen LogP contribution in [0.4, 0.5) is 5.69 Å². The lowest BCUT2D eigenvalue weighted by Gasteiger charge is -2.36. The summed E-state index contributed by atoms with van der Waals surface area (Å²) < 4.78 is 5.41. The fourth-order valence-corrected chi connectivity index (χ4v) is 4.76. The molecule has 1 saturated heterocycles. The van der Waals surface area contributed by atoms with E-state index >= 15 is 0 Å². The molecule has 4 rings (SSSR count). The molecule has 0 bridgehead atoms. The summed E-state index contributed by atoms with van der Waals surface area (Å²) in [6.45, 7) is 6.42. The van der Waals surface area contributed by atoms with Crippen molar-refractivity contribution < 1.29 is 9.84 Å². The number of ether oxygens (including phenoxy) is 1. The van der Waals surface area contributed by atoms with Gasteiger partial charge >= 0.3 is 0 Å². The number of para-hydroxylation sites is 1. The van der Waals surface area contributed by atoms with E-state index in [1.165, 1.54) is 15.4 Å². The van der Waals surface area contributed by atoms with Gasteiger partial charge in [-0.15, -0.1) is 0 Å². The summed E-state index contributed by atoms with van der Waals surface area (Å²) in [5.41, 5.74) is 9.24. The van der Waals surface area contributed by atoms with Gasteiger partial charge in [0.1, 0.15) is 5.84 Å². The zero-order chi connectivity index (χ0) is 20.1. The summed E-state index contributed by atoms with van der Waals surface area (Å²) in [6, 6.07) is 14.8. The number of amidine groups is 1. The molecular formula is C22H28N4O2S. The molecule has 0 saturated carbocycles. The van der Waals surface area contributed by atoms with Crippen LogP contribution in [-0.2, 0) is 11.3 Å². The predicted octanol–water partition coefficient (Wildman–Crippen LogP) is 2.31. The standard InChI is InChI=1S/C22H28N4O2S/c23-16-17-5-6-18-21(15-17)29-20-4-2-1-3-19(20)24-22(18)26-9-7-25(8-10-26)11-13-28-14-12-27/h1-6,15,27H,7-14,16,23H2. The number of piperazine rings is 1. The lowest BCUT2D eigenvalue weighted by Crippen LogP contribution is -2.49. The number of nitrogens with two attached hydrogens (primary N) is 1. The minimum absolute atomic E-state index is 0.0817. The highest BCUT2D eigenvalue weighted by molar-refractivity contribution is 7.99. The Morgan fingerprint density at radius 2 is 1.86 bits per heavy atom. The minimum Gasteiger partial charge on any atom is -0.394 e. The van der Waals surface area contributed by atoms with Gasteiger partial charge in [-0.25, -0.2) is 4.99 Å². The van der Waals surface area contributed by atoms with Gasteiger partial charge in [0, 0.05) is 54.6 Å². The van der Waals surface area contributed by atoms with Crippen LogP contribution in [0.25, 0.3) is 0 Å². The van der Waals surface area contributed by atoms with Crippen molar-refractivity contribution >= 4 is 23.3 Å². The summed E-state index contributed by atoms with van der Waals surface area (Å²) in [6.07, 6.45) is 0. The van der Waals surface area contributed by atoms with Gasteiger partial charge < -0.3 is 20.5 Å². The van der Waals surface area contributed by atoms with Crippen LogP contribution in [0, 0.1) is 0 Å². The van der Waals surface area contributed by atoms with E-state index in [1.807, 2.05) is 6.07 Å². The summed E-state index contributed by atoms with van der Waals surface area (Å²) in [5, 5.41) is 8.82. The smallest absolute Gasteiger partial charge is 0.137 e. The summed E-state index contributed by atoms with van der Waals surface area (Å²) >= 11 is 1.77. The lowest BCUT2D eigenvalue weighted by atomic mass is 10.1. The predicted molar refractivity (Wildman–Crippen MR) is 117 cm³/mol. The van der Waals surface area contributed by atoms with E-state index in [4.69, 9.17) is 20.6 Å². The van der Waals surface area contributed by atoms with Crippen LogP contribution in [0.3, 0.4) is 0 Å². The molecule has 2 heterocycles. The van der Waals surface area contributed by atoms with E-state index in [1.54, 1.807) is 11.8 Å². The Balaban J connectivity index is 1.54. The Kier molecular flexibility index (Phi) is 6.84. The molecule has 154 valence electrons. The van der Waals surface area contributed by atoms with E-state index < -0.39 is 0 Å². The fourth-order valence-electron chi connectivity index (χ4n) is 3.68. The third-order valence-electron chi connectivity index (χ3n) is 5.29. The third kappa shape index (κ3) is 4.82. The number of hydrogen-bond donors (Lipinski definition) is 2. The minimum atomic E-state index is 0.0817. The molecule has 2 aromatic carbocycles. The molecule has 29 heavy (non-hydrogen) atoms. The molecule has 2 aliphatic heterocycles. The average molecular weight is 413 g/mol. The second kappa shape index (κ2) is 9.73. The van der Waals surface area contributed by atoms with Gasteiger partial charge in [-0.1, -0.05) is 30.0 Å². The second-order valence-electron chi connectivity index (χ2n) is 7.20. The average Bonchev–Trinajstić information content (AvgIpc) is 2.93. The normalized spacial score (nSPS) is 16.8. The van der Waals surface area contributed by atoms with Crippen molar-refractivity contribution in [1.82, 2.24) is 9.80 Å². The summed E-state index contributed by atoms with van der Waals surface area (Å²) in [7, 11) is 0. The van der Waals surface area contributed by atoms with E-state index in [0.29, 0.717) is 19.8 Å². The van der Waals surface area contributed by atoms with Crippen molar-refractivity contribution in [2.24, 2.45) is 10.7 Å². The van der Waals surface area contributed by atoms with Crippen molar-refractivity contribution in [1.29, 1.82) is 0 Å². The highest BCUT2D eigenvalue weighted by Crippen LogP contribution is 2.41. The van der Waals surface area contributed by atoms with Gasteiger partial charge in [0.2, 0.25) is 0 Å². The zero-order valence-corrected chi connectivity index (χ0v) is 17.4. The van der Waals surface area contributed by atoms with Crippen molar-refractivity contribution in [3.63, 3.8) is 0 Å². The number of fused-ring (bicyclic) bond motifs is 2. The first kappa shape index (κ1) is 20.4. The summed E-state index contributed by atoms with van der Waals surface area (Å²) in [5.74, 6) is 1.05. The second-order valence-corrected chi connectivity index (χ2v) is 8.29. The molecule has 1 fully saturated rings. The molecule has 0 unspecified atom stereocenters. The molecule has 2 aromatic rings. The molecule has 6 nitrogen and oxygen atoms in total. The van der Waals surface area contributed by atoms with Crippen LogP contribution >= 0.6 is 11.8 Å². The number of aliphatic imine (C=N–C) groups is 1. The Labute approximate surface area is 176 Å². The Bertz CT molecular complexity index is 866. The number of aliphatic hydroxyl groups is 1. The zero-order valence-electron chi connectivity index (χ0n) is 16.6. The maximum atomic E-state index is 8.82. The Hall–Kier alpha value is -1.90. The van der Waals surface area contributed by atoms with Crippen LogP contribution in [0.5, 0.6) is 0 Å². The maximum Gasteiger partial charge on any atom is 0.137 e. The van der Waals surface area contributed by atoms with Crippen molar-refractivity contribution in [2.45, 2.75) is 16.3 Å². The SMILES string of the molecule is NCc1ccc2c(c1)Sc1ccccc1N=C2N1CCN(CCOCCO)CC1. The molecule has 0 aliphatic carbocycles. The van der Waals surface area contributed by atoms with Gasteiger partial charge in [0.05, 0.1) is 25.5 Å². The van der Waals surface area contributed by atoms with E-state index in [0.717, 1.165) is 49.8 Å². The van der Waals surface area contributed by atoms with Crippen molar-refractivity contribution in [3.05, 3.63) is 53.6 Å². The van der Waals surface area contributed by atoms with Crippen LogP contribution < -0.4 is 5.73 Å². The fraction of sp³-hybridized carbons (Fsp3) is 0.409. The quantitative estimate of drug-likeness (QED) is 0.710. The highest BCUT2D eigenvalue weighted by atomic mass is 32.2. The van der Waals surface area contributed by atoms with Crippen LogP contribution in [0.15, 0.2) is 57.2 Å². The molecule has 0 spiro atoms. The van der Waals surface area contributed by atoms with Gasteiger partial charge in [-0.05, 0) is 29.8 Å². The monoisotopic (exact) mass is 412 g/mol. The Morgan fingerprint density at radius 3 is 2.66 bits per heavy atom. The topological polar surface area (TPSA) is 74.3 Å². The molecular weight excluding hydrogens is 384 g/mol. The first-order valence-corrected chi connectivity index (χ1v) is 10.9. The largest absolute Gasteiger partial charge is 0.394 e. The van der Waals surface area contributed by atoms with Crippen LogP contribution in [0.1, 0.15) is 11.1 Å². The number of benzene rings is 2. The number of rotatable bonds is 6. The molecule has 2 aliphatic rings. The third-order valence-corrected chi connectivity index (χ3v) is 6.42. The van der Waals surface area contributed by atoms with Crippen molar-refractivity contribution in [3.8, 4) is 0 Å². The highest BCUT2D eigenvalue weighted by Gasteiger charge is 2.25. The van der Waals surface area contributed by atoms with Gasteiger partial charge in [0.15, 0.2) is 0 Å². The van der Waals surface area contributed by atoms with Gasteiger partial charge in [-0.2, -0.15) is 0 Å². The first-order valence-electron chi connectivity index (χ1n) is 10.1. The molecule has 0 aromatic heterocycles. The van der Waals surface area contributed by atoms with E-state index in [9.17, 15) is 0 Å². The maximum absolute atomic E-state index is 8.82. The first-order chi connectivity index (χ1) is 14.3. The number of hydrogen-bond acceptors (Lipinski definition) is 7. The van der Waals surface area contributed by atoms with Crippen LogP contribution in [0.2, 0.25) is 0 Å². The molecule has 7 heteroatoms. The number of nitrogens with zero attached hydrogens (tertiary/aromatic N) is 3. The van der Waals surface area contributed by atoms with Gasteiger partial charge in [0.25, 0.3) is 0 Å². The van der Waals surface area contributed by atoms with Gasteiger partial charge in [-0.3, -0.25) is 4.90 Å². The Morgan fingerprint density at radius 1 is 1.03 bits per heavy atom. The molecule has 0 radical (unpaired) electrons. The molecule has 3 N–H and O–H groups in total. The number of aliphatic hydroxyl groups excluding tert-OH is 1.